The third-order valence-electron chi connectivity index (χ3n) is 2.55. The molecule has 2 aromatic rings. The summed E-state index contributed by atoms with van der Waals surface area (Å²) in [5.41, 5.74) is 1.02. The zero-order valence-electron chi connectivity index (χ0n) is 10.0. The Morgan fingerprint density at radius 1 is 1.30 bits per heavy atom. The van der Waals surface area contributed by atoms with Crippen molar-refractivity contribution in [3.63, 3.8) is 0 Å². The van der Waals surface area contributed by atoms with Crippen LogP contribution >= 0.6 is 27.5 Å². The van der Waals surface area contributed by atoms with Crippen LogP contribution in [0.3, 0.4) is 0 Å². The highest BCUT2D eigenvalue weighted by Gasteiger charge is 2.11. The van der Waals surface area contributed by atoms with E-state index in [2.05, 4.69) is 21.2 Å². The summed E-state index contributed by atoms with van der Waals surface area (Å²) in [6.45, 7) is 0. The van der Waals surface area contributed by atoms with Gasteiger partial charge in [0.1, 0.15) is 5.75 Å². The summed E-state index contributed by atoms with van der Waals surface area (Å²) >= 11 is 9.10. The largest absolute Gasteiger partial charge is 0.507 e. The highest BCUT2D eigenvalue weighted by Crippen LogP contribution is 2.26. The first-order valence-electron chi connectivity index (χ1n) is 5.51. The number of nitrogens with one attached hydrogen (secondary N) is 1. The first kappa shape index (κ1) is 14.4. The predicted molar refractivity (Wildman–Crippen MR) is 79.9 cm³/mol. The molecule has 0 unspecified atom stereocenters. The molecule has 0 heterocycles. The lowest BCUT2D eigenvalue weighted by atomic mass is 10.1. The number of hydrogen-bond acceptors (Lipinski definition) is 3. The zero-order chi connectivity index (χ0) is 14.7. The molecule has 6 heteroatoms. The molecule has 0 spiro atoms. The molecule has 100 valence electrons. The van der Waals surface area contributed by atoms with Crippen molar-refractivity contribution in [2.45, 2.75) is 0 Å². The van der Waals surface area contributed by atoms with Crippen molar-refractivity contribution in [1.82, 2.24) is 0 Å². The number of aromatic hydroxyl groups is 1. The van der Waals surface area contributed by atoms with Crippen molar-refractivity contribution in [2.24, 2.45) is 0 Å². The molecule has 4 nitrogen and oxygen atoms in total. The van der Waals surface area contributed by atoms with Crippen LogP contribution in [0, 0.1) is 11.3 Å². The van der Waals surface area contributed by atoms with E-state index in [1.165, 1.54) is 18.2 Å². The molecule has 1 amide bonds. The van der Waals surface area contributed by atoms with Crippen LogP contribution in [-0.4, -0.2) is 11.0 Å². The van der Waals surface area contributed by atoms with Crippen LogP contribution in [0.2, 0.25) is 5.02 Å². The van der Waals surface area contributed by atoms with Crippen LogP contribution in [0.5, 0.6) is 5.75 Å². The molecule has 0 fully saturated rings. The lowest BCUT2D eigenvalue weighted by Crippen LogP contribution is -2.12. The molecule has 0 aliphatic heterocycles. The molecule has 0 bridgehead atoms. The summed E-state index contributed by atoms with van der Waals surface area (Å²) in [6, 6.07) is 11.0. The maximum atomic E-state index is 12.1. The van der Waals surface area contributed by atoms with E-state index in [0.717, 1.165) is 0 Å². The summed E-state index contributed by atoms with van der Waals surface area (Å²) in [5.74, 6) is -0.459. The van der Waals surface area contributed by atoms with E-state index in [1.807, 2.05) is 6.07 Å². The second-order valence-corrected chi connectivity index (χ2v) is 5.19. The summed E-state index contributed by atoms with van der Waals surface area (Å²) < 4.78 is 0.499. The molecule has 0 radical (unpaired) electrons. The number of nitriles is 1. The second kappa shape index (κ2) is 5.95. The fraction of sp³-hybridized carbons (Fsp3) is 0. The number of benzene rings is 2. The van der Waals surface area contributed by atoms with E-state index >= 15 is 0 Å². The van der Waals surface area contributed by atoms with Crippen LogP contribution in [-0.2, 0) is 0 Å². The molecule has 0 saturated carbocycles. The molecule has 2 N–H and O–H groups in total. The number of amides is 1. The quantitative estimate of drug-likeness (QED) is 0.861. The van der Waals surface area contributed by atoms with Crippen molar-refractivity contribution in [1.29, 1.82) is 5.26 Å². The molecule has 2 aromatic carbocycles. The maximum absolute atomic E-state index is 12.1. The lowest BCUT2D eigenvalue weighted by molar-refractivity contribution is 0.102. The molecule has 0 saturated heterocycles. The van der Waals surface area contributed by atoms with Crippen molar-refractivity contribution in [3.8, 4) is 11.8 Å². The van der Waals surface area contributed by atoms with Gasteiger partial charge in [0.15, 0.2) is 0 Å². The van der Waals surface area contributed by atoms with Gasteiger partial charge >= 0.3 is 0 Å². The molecular formula is C14H8BrClN2O2. The van der Waals surface area contributed by atoms with E-state index in [1.54, 1.807) is 18.2 Å². The molecule has 20 heavy (non-hydrogen) atoms. The third kappa shape index (κ3) is 3.10. The second-order valence-electron chi connectivity index (χ2n) is 3.93. The molecule has 0 aromatic heterocycles. The highest BCUT2D eigenvalue weighted by atomic mass is 79.9. The number of phenols is 1. The number of rotatable bonds is 2. The molecule has 2 rings (SSSR count). The smallest absolute Gasteiger partial charge is 0.255 e. The first-order chi connectivity index (χ1) is 9.51. The number of carbonyl (C=O) groups is 1. The van der Waals surface area contributed by atoms with Crippen LogP contribution in [0.15, 0.2) is 40.9 Å². The van der Waals surface area contributed by atoms with Gasteiger partial charge in [-0.05, 0) is 52.3 Å². The molecular weight excluding hydrogens is 344 g/mol. The standard InChI is InChI=1S/C14H8BrClN2O2/c15-10-3-2-9(6-13(10)19)14(20)18-12-5-8(7-17)1-4-11(12)16/h1-6,19H,(H,18,20). The lowest BCUT2D eigenvalue weighted by Gasteiger charge is -2.08. The summed E-state index contributed by atoms with van der Waals surface area (Å²) in [5, 5.41) is 21.3. The fourth-order valence-corrected chi connectivity index (χ4v) is 1.95. The third-order valence-corrected chi connectivity index (χ3v) is 3.55. The van der Waals surface area contributed by atoms with Gasteiger partial charge in [-0.15, -0.1) is 0 Å². The van der Waals surface area contributed by atoms with Gasteiger partial charge in [-0.3, -0.25) is 4.79 Å². The number of nitrogens with zero attached hydrogens (tertiary/aromatic N) is 1. The van der Waals surface area contributed by atoms with Gasteiger partial charge in [0.25, 0.3) is 5.91 Å². The topological polar surface area (TPSA) is 73.1 Å². The number of hydrogen-bond donors (Lipinski definition) is 2. The van der Waals surface area contributed by atoms with Crippen molar-refractivity contribution in [2.75, 3.05) is 5.32 Å². The summed E-state index contributed by atoms with van der Waals surface area (Å²) in [6.07, 6.45) is 0. The minimum atomic E-state index is -0.426. The monoisotopic (exact) mass is 350 g/mol. The van der Waals surface area contributed by atoms with E-state index in [-0.39, 0.29) is 11.3 Å². The van der Waals surface area contributed by atoms with E-state index in [9.17, 15) is 9.90 Å². The normalized spacial score (nSPS) is 9.85. The Labute approximate surface area is 128 Å². The van der Waals surface area contributed by atoms with Crippen LogP contribution in [0.4, 0.5) is 5.69 Å². The summed E-state index contributed by atoms with van der Waals surface area (Å²) in [7, 11) is 0. The number of carbonyl (C=O) groups excluding carboxylic acids is 1. The van der Waals surface area contributed by atoms with Crippen LogP contribution < -0.4 is 5.32 Å². The average Bonchev–Trinajstić information content (AvgIpc) is 2.44. The van der Waals surface area contributed by atoms with E-state index < -0.39 is 5.91 Å². The van der Waals surface area contributed by atoms with E-state index in [0.29, 0.717) is 20.7 Å². The van der Waals surface area contributed by atoms with Crippen LogP contribution in [0.1, 0.15) is 15.9 Å². The SMILES string of the molecule is N#Cc1ccc(Cl)c(NC(=O)c2ccc(Br)c(O)c2)c1. The summed E-state index contributed by atoms with van der Waals surface area (Å²) in [4.78, 5) is 12.1. The number of halogens is 2. The van der Waals surface area contributed by atoms with Gasteiger partial charge in [-0.2, -0.15) is 5.26 Å². The van der Waals surface area contributed by atoms with E-state index in [4.69, 9.17) is 16.9 Å². The Morgan fingerprint density at radius 3 is 2.70 bits per heavy atom. The zero-order valence-corrected chi connectivity index (χ0v) is 12.4. The van der Waals surface area contributed by atoms with Gasteiger partial charge < -0.3 is 10.4 Å². The van der Waals surface area contributed by atoms with Crippen LogP contribution in [0.25, 0.3) is 0 Å². The Hall–Kier alpha value is -2.03. The van der Waals surface area contributed by atoms with Gasteiger partial charge in [-0.25, -0.2) is 0 Å². The Bertz CT molecular complexity index is 726. The van der Waals surface area contributed by atoms with Gasteiger partial charge in [0, 0.05) is 5.56 Å². The fourth-order valence-electron chi connectivity index (χ4n) is 1.54. The van der Waals surface area contributed by atoms with Gasteiger partial charge in [-0.1, -0.05) is 11.6 Å². The predicted octanol–water partition coefficient (Wildman–Crippen LogP) is 3.93. The molecule has 0 aliphatic rings. The average molecular weight is 352 g/mol. The van der Waals surface area contributed by atoms with Crippen molar-refractivity contribution >= 4 is 39.1 Å². The Kier molecular flexibility index (Phi) is 4.28. The van der Waals surface area contributed by atoms with Crippen molar-refractivity contribution < 1.29 is 9.90 Å². The molecule has 0 aliphatic carbocycles. The van der Waals surface area contributed by atoms with Crippen molar-refractivity contribution in [3.05, 3.63) is 57.0 Å². The highest BCUT2D eigenvalue weighted by molar-refractivity contribution is 9.10. The number of anilines is 1. The number of phenolic OH excluding ortho intramolecular Hbond substituents is 1. The maximum Gasteiger partial charge on any atom is 0.255 e. The minimum absolute atomic E-state index is 0.0328. The van der Waals surface area contributed by atoms with Gasteiger partial charge in [0.2, 0.25) is 0 Å². The van der Waals surface area contributed by atoms with Gasteiger partial charge in [0.05, 0.1) is 26.8 Å². The first-order valence-corrected chi connectivity index (χ1v) is 6.68. The molecule has 0 atom stereocenters. The Morgan fingerprint density at radius 2 is 2.05 bits per heavy atom. The minimum Gasteiger partial charge on any atom is -0.507 e. The Balaban J connectivity index is 2.28.